The Labute approximate surface area is 121 Å². The second-order valence-electron chi connectivity index (χ2n) is 4.87. The van der Waals surface area contributed by atoms with Crippen LogP contribution in [-0.4, -0.2) is 30.0 Å². The van der Waals surface area contributed by atoms with E-state index < -0.39 is 17.8 Å². The van der Waals surface area contributed by atoms with Gasteiger partial charge in [0.25, 0.3) is 0 Å². The van der Waals surface area contributed by atoms with Crippen molar-refractivity contribution in [2.24, 2.45) is 11.8 Å². The summed E-state index contributed by atoms with van der Waals surface area (Å²) in [5.74, 6) is -2.25. The van der Waals surface area contributed by atoms with E-state index in [-0.39, 0.29) is 11.8 Å². The van der Waals surface area contributed by atoms with Gasteiger partial charge < -0.3 is 20.5 Å². The van der Waals surface area contributed by atoms with Gasteiger partial charge in [0.1, 0.15) is 5.75 Å². The molecule has 0 radical (unpaired) electrons. The number of hydrogen-bond acceptors (Lipinski definition) is 4. The van der Waals surface area contributed by atoms with E-state index in [1.54, 1.807) is 18.2 Å². The number of carbonyl (C=O) groups is 3. The van der Waals surface area contributed by atoms with Crippen LogP contribution in [0.1, 0.15) is 13.3 Å². The average molecular weight is 292 g/mol. The molecular weight excluding hydrogens is 276 g/mol. The molecule has 1 aromatic carbocycles. The van der Waals surface area contributed by atoms with Gasteiger partial charge in [0.05, 0.1) is 24.6 Å². The lowest BCUT2D eigenvalue weighted by Crippen LogP contribution is -2.17. The van der Waals surface area contributed by atoms with Gasteiger partial charge in [-0.25, -0.2) is 0 Å². The normalized spacial score (nSPS) is 19.5. The number of amides is 2. The molecule has 2 unspecified atom stereocenters. The molecule has 7 nitrogen and oxygen atoms in total. The highest BCUT2D eigenvalue weighted by molar-refractivity contribution is 6.00. The molecule has 0 aliphatic heterocycles. The third kappa shape index (κ3) is 3.50. The zero-order valence-corrected chi connectivity index (χ0v) is 11.7. The lowest BCUT2D eigenvalue weighted by Gasteiger charge is -2.12. The summed E-state index contributed by atoms with van der Waals surface area (Å²) < 4.78 is 5.14. The molecule has 112 valence electrons. The molecule has 1 aliphatic carbocycles. The fourth-order valence-electron chi connectivity index (χ4n) is 2.07. The first-order valence-corrected chi connectivity index (χ1v) is 6.41. The van der Waals surface area contributed by atoms with Crippen molar-refractivity contribution in [1.29, 1.82) is 0 Å². The van der Waals surface area contributed by atoms with Gasteiger partial charge in [-0.15, -0.1) is 0 Å². The number of ether oxygens (including phenoxy) is 1. The van der Waals surface area contributed by atoms with Gasteiger partial charge in [0, 0.05) is 12.6 Å². The van der Waals surface area contributed by atoms with E-state index in [0.717, 1.165) is 0 Å². The summed E-state index contributed by atoms with van der Waals surface area (Å²) in [7, 11) is 1.46. The molecule has 1 saturated carbocycles. The fourth-order valence-corrected chi connectivity index (χ4v) is 2.07. The fraction of sp³-hybridized carbons (Fsp3) is 0.357. The Bertz CT molecular complexity index is 599. The molecule has 2 rings (SSSR count). The minimum Gasteiger partial charge on any atom is -0.495 e. The Kier molecular flexibility index (Phi) is 4.11. The standard InChI is InChI=1S/C14H16N2O5/c1-7(17)15-8-3-4-12(21-2)11(5-8)16-13(18)9-6-10(9)14(19)20/h3-5,9-10H,6H2,1-2H3,(H,15,17)(H,16,18)(H,19,20). The van der Waals surface area contributed by atoms with Crippen LogP contribution in [0.15, 0.2) is 18.2 Å². The Morgan fingerprint density at radius 1 is 1.24 bits per heavy atom. The summed E-state index contributed by atoms with van der Waals surface area (Å²) in [5.41, 5.74) is 0.911. The van der Waals surface area contributed by atoms with Crippen molar-refractivity contribution in [2.75, 3.05) is 17.7 Å². The molecule has 21 heavy (non-hydrogen) atoms. The predicted octanol–water partition coefficient (Wildman–Crippen LogP) is 1.31. The quantitative estimate of drug-likeness (QED) is 0.759. The highest BCUT2D eigenvalue weighted by Crippen LogP contribution is 2.40. The van der Waals surface area contributed by atoms with Crippen LogP contribution in [-0.2, 0) is 14.4 Å². The number of carboxylic acids is 1. The number of methoxy groups -OCH3 is 1. The van der Waals surface area contributed by atoms with Crippen LogP contribution >= 0.6 is 0 Å². The molecule has 2 atom stereocenters. The van der Waals surface area contributed by atoms with Crippen molar-refractivity contribution in [2.45, 2.75) is 13.3 Å². The Hall–Kier alpha value is -2.57. The first kappa shape index (κ1) is 14.8. The number of hydrogen-bond donors (Lipinski definition) is 3. The van der Waals surface area contributed by atoms with Crippen LogP contribution in [0.5, 0.6) is 5.75 Å². The van der Waals surface area contributed by atoms with Crippen LogP contribution in [0.2, 0.25) is 0 Å². The lowest BCUT2D eigenvalue weighted by molar-refractivity contribution is -0.139. The summed E-state index contributed by atoms with van der Waals surface area (Å²) in [6.07, 6.45) is 0.342. The van der Waals surface area contributed by atoms with Gasteiger partial charge >= 0.3 is 5.97 Å². The van der Waals surface area contributed by atoms with E-state index in [1.165, 1.54) is 14.0 Å². The smallest absolute Gasteiger partial charge is 0.307 e. The SMILES string of the molecule is COc1ccc(NC(C)=O)cc1NC(=O)C1CC1C(=O)O. The molecule has 0 aromatic heterocycles. The molecular formula is C14H16N2O5. The summed E-state index contributed by atoms with van der Waals surface area (Å²) in [4.78, 5) is 33.8. The van der Waals surface area contributed by atoms with Crippen LogP contribution in [0.4, 0.5) is 11.4 Å². The van der Waals surface area contributed by atoms with Crippen LogP contribution in [0, 0.1) is 11.8 Å². The second-order valence-corrected chi connectivity index (χ2v) is 4.87. The molecule has 0 spiro atoms. The van der Waals surface area contributed by atoms with E-state index in [1.807, 2.05) is 0 Å². The Balaban J connectivity index is 2.12. The van der Waals surface area contributed by atoms with Crippen molar-refractivity contribution >= 4 is 29.2 Å². The molecule has 7 heteroatoms. The van der Waals surface area contributed by atoms with Crippen molar-refractivity contribution < 1.29 is 24.2 Å². The number of nitrogens with one attached hydrogen (secondary N) is 2. The monoisotopic (exact) mass is 292 g/mol. The molecule has 1 aliphatic rings. The summed E-state index contributed by atoms with van der Waals surface area (Å²) >= 11 is 0. The Morgan fingerprint density at radius 3 is 2.48 bits per heavy atom. The van der Waals surface area contributed by atoms with E-state index in [4.69, 9.17) is 9.84 Å². The maximum absolute atomic E-state index is 12.0. The summed E-state index contributed by atoms with van der Waals surface area (Å²) in [6, 6.07) is 4.83. The van der Waals surface area contributed by atoms with Gasteiger partial charge in [-0.1, -0.05) is 0 Å². The van der Waals surface area contributed by atoms with Crippen LogP contribution in [0.3, 0.4) is 0 Å². The molecule has 0 bridgehead atoms. The molecule has 1 fully saturated rings. The molecule has 2 amide bonds. The van der Waals surface area contributed by atoms with Gasteiger partial charge in [-0.05, 0) is 24.6 Å². The van der Waals surface area contributed by atoms with Crippen LogP contribution in [0.25, 0.3) is 0 Å². The maximum atomic E-state index is 12.0. The maximum Gasteiger partial charge on any atom is 0.307 e. The van der Waals surface area contributed by atoms with Gasteiger partial charge in [0.2, 0.25) is 11.8 Å². The number of carboxylic acid groups (broad SMARTS) is 1. The molecule has 1 aromatic rings. The molecule has 3 N–H and O–H groups in total. The zero-order chi connectivity index (χ0) is 15.6. The third-order valence-corrected chi connectivity index (χ3v) is 3.22. The summed E-state index contributed by atoms with van der Waals surface area (Å²) in [5, 5.41) is 14.1. The number of rotatable bonds is 5. The van der Waals surface area contributed by atoms with E-state index in [0.29, 0.717) is 23.5 Å². The largest absolute Gasteiger partial charge is 0.495 e. The van der Waals surface area contributed by atoms with E-state index >= 15 is 0 Å². The lowest BCUT2D eigenvalue weighted by atomic mass is 10.2. The third-order valence-electron chi connectivity index (χ3n) is 3.22. The zero-order valence-electron chi connectivity index (χ0n) is 11.7. The highest BCUT2D eigenvalue weighted by Gasteiger charge is 2.48. The van der Waals surface area contributed by atoms with Gasteiger partial charge in [-0.3, -0.25) is 14.4 Å². The van der Waals surface area contributed by atoms with Crippen molar-refractivity contribution in [3.8, 4) is 5.75 Å². The minimum atomic E-state index is -0.964. The van der Waals surface area contributed by atoms with Gasteiger partial charge in [0.15, 0.2) is 0 Å². The number of benzene rings is 1. The Morgan fingerprint density at radius 2 is 1.95 bits per heavy atom. The van der Waals surface area contributed by atoms with Crippen LogP contribution < -0.4 is 15.4 Å². The van der Waals surface area contributed by atoms with Crippen molar-refractivity contribution in [3.05, 3.63) is 18.2 Å². The predicted molar refractivity (Wildman–Crippen MR) is 75.2 cm³/mol. The van der Waals surface area contributed by atoms with E-state index in [9.17, 15) is 14.4 Å². The first-order valence-electron chi connectivity index (χ1n) is 6.41. The van der Waals surface area contributed by atoms with Crippen molar-refractivity contribution in [1.82, 2.24) is 0 Å². The van der Waals surface area contributed by atoms with Crippen molar-refractivity contribution in [3.63, 3.8) is 0 Å². The number of anilines is 2. The minimum absolute atomic E-state index is 0.231. The molecule has 0 heterocycles. The second kappa shape index (κ2) is 5.82. The van der Waals surface area contributed by atoms with Gasteiger partial charge in [-0.2, -0.15) is 0 Å². The molecule has 0 saturated heterocycles. The average Bonchev–Trinajstić information content (AvgIpc) is 3.18. The van der Waals surface area contributed by atoms with E-state index in [2.05, 4.69) is 10.6 Å². The number of aliphatic carboxylic acids is 1. The first-order chi connectivity index (χ1) is 9.92. The summed E-state index contributed by atoms with van der Waals surface area (Å²) in [6.45, 7) is 1.38. The highest BCUT2D eigenvalue weighted by atomic mass is 16.5. The topological polar surface area (TPSA) is 105 Å². The number of carbonyl (C=O) groups excluding carboxylic acids is 2.